The molecule has 0 radical (unpaired) electrons. The van der Waals surface area contributed by atoms with Crippen LogP contribution in [0.4, 0.5) is 0 Å². The van der Waals surface area contributed by atoms with E-state index >= 15 is 0 Å². The van der Waals surface area contributed by atoms with Gasteiger partial charge in [-0.15, -0.1) is 0 Å². The van der Waals surface area contributed by atoms with Gasteiger partial charge in [0.15, 0.2) is 11.2 Å². The molecule has 10 nitrogen and oxygen atoms in total. The number of ether oxygens (including phenoxy) is 1. The average Bonchev–Trinajstić information content (AvgIpc) is 3.08. The minimum atomic E-state index is -0.519. The molecule has 0 aliphatic rings. The largest absolute Gasteiger partial charge is 0.496 e. The standard InChI is InChI=1S/C17H17BrN6O4/c1-22-15-14(16(26)23(2)17(22)27)24(9-19-15)8-13(25)21-20-7-10-4-5-12(28-3)11(18)6-10/h4-7,9H,8H2,1-3H3,(H,21,25). The third-order valence-corrected chi connectivity index (χ3v) is 4.73. The summed E-state index contributed by atoms with van der Waals surface area (Å²) in [5.41, 5.74) is 2.54. The van der Waals surface area contributed by atoms with Crippen LogP contribution in [-0.4, -0.2) is 37.9 Å². The summed E-state index contributed by atoms with van der Waals surface area (Å²) in [4.78, 5) is 40.5. The maximum atomic E-state index is 12.4. The minimum absolute atomic E-state index is 0.169. The van der Waals surface area contributed by atoms with Crippen molar-refractivity contribution in [2.45, 2.75) is 6.54 Å². The van der Waals surface area contributed by atoms with E-state index in [9.17, 15) is 14.4 Å². The molecular formula is C17H17BrN6O4. The number of hydrogen-bond donors (Lipinski definition) is 1. The van der Waals surface area contributed by atoms with Crippen LogP contribution in [-0.2, 0) is 25.4 Å². The Labute approximate surface area is 167 Å². The van der Waals surface area contributed by atoms with Crippen molar-refractivity contribution in [3.63, 3.8) is 0 Å². The molecule has 2 heterocycles. The summed E-state index contributed by atoms with van der Waals surface area (Å²) in [5, 5.41) is 3.91. The Hall–Kier alpha value is -3.21. The molecule has 1 N–H and O–H groups in total. The van der Waals surface area contributed by atoms with E-state index in [0.717, 1.165) is 14.6 Å². The van der Waals surface area contributed by atoms with Crippen LogP contribution in [0.2, 0.25) is 0 Å². The fourth-order valence-corrected chi connectivity index (χ4v) is 3.21. The monoisotopic (exact) mass is 448 g/mol. The van der Waals surface area contributed by atoms with Crippen LogP contribution < -0.4 is 21.4 Å². The van der Waals surface area contributed by atoms with Gasteiger partial charge >= 0.3 is 5.69 Å². The van der Waals surface area contributed by atoms with E-state index in [2.05, 4.69) is 31.4 Å². The maximum Gasteiger partial charge on any atom is 0.332 e. The fourth-order valence-electron chi connectivity index (χ4n) is 2.65. The average molecular weight is 449 g/mol. The van der Waals surface area contributed by atoms with Crippen LogP contribution in [0.25, 0.3) is 11.2 Å². The van der Waals surface area contributed by atoms with Gasteiger partial charge in [0.1, 0.15) is 12.3 Å². The van der Waals surface area contributed by atoms with Gasteiger partial charge in [-0.1, -0.05) is 0 Å². The lowest BCUT2D eigenvalue weighted by molar-refractivity contribution is -0.121. The number of benzene rings is 1. The van der Waals surface area contributed by atoms with Gasteiger partial charge in [0.25, 0.3) is 11.5 Å². The first kappa shape index (κ1) is 19.5. The highest BCUT2D eigenvalue weighted by Crippen LogP contribution is 2.24. The molecule has 3 aromatic rings. The fraction of sp³-hybridized carbons (Fsp3) is 0.235. The SMILES string of the molecule is COc1ccc(C=NNC(=O)Cn2cnc3c2c(=O)n(C)c(=O)n3C)cc1Br. The molecule has 0 saturated heterocycles. The van der Waals surface area contributed by atoms with Crippen molar-refractivity contribution < 1.29 is 9.53 Å². The van der Waals surface area contributed by atoms with E-state index in [1.165, 1.54) is 35.8 Å². The number of methoxy groups -OCH3 is 1. The van der Waals surface area contributed by atoms with Crippen molar-refractivity contribution in [3.05, 3.63) is 55.4 Å². The maximum absolute atomic E-state index is 12.4. The van der Waals surface area contributed by atoms with Gasteiger partial charge in [0, 0.05) is 14.1 Å². The molecule has 0 aliphatic carbocycles. The molecule has 0 aliphatic heterocycles. The summed E-state index contributed by atoms with van der Waals surface area (Å²) in [6, 6.07) is 5.35. The van der Waals surface area contributed by atoms with Crippen LogP contribution in [0.15, 0.2) is 43.7 Å². The number of aryl methyl sites for hydroxylation is 1. The van der Waals surface area contributed by atoms with E-state index in [0.29, 0.717) is 5.75 Å². The van der Waals surface area contributed by atoms with Crippen LogP contribution >= 0.6 is 15.9 Å². The number of imidazole rings is 1. The Morgan fingerprint density at radius 1 is 1.32 bits per heavy atom. The number of amides is 1. The third kappa shape index (κ3) is 3.60. The number of aromatic nitrogens is 4. The molecule has 146 valence electrons. The first-order valence-corrected chi connectivity index (χ1v) is 8.89. The molecule has 0 fully saturated rings. The molecule has 1 aromatic carbocycles. The molecule has 2 aromatic heterocycles. The molecule has 0 atom stereocenters. The second-order valence-electron chi connectivity index (χ2n) is 5.94. The van der Waals surface area contributed by atoms with Crippen LogP contribution in [0.5, 0.6) is 5.75 Å². The highest BCUT2D eigenvalue weighted by atomic mass is 79.9. The number of carbonyl (C=O) groups is 1. The van der Waals surface area contributed by atoms with Gasteiger partial charge in [-0.3, -0.25) is 18.7 Å². The Kier molecular flexibility index (Phi) is 5.45. The lowest BCUT2D eigenvalue weighted by Gasteiger charge is -2.06. The normalized spacial score (nSPS) is 11.3. The molecule has 11 heteroatoms. The second kappa shape index (κ2) is 7.80. The summed E-state index contributed by atoms with van der Waals surface area (Å²) < 4.78 is 9.52. The van der Waals surface area contributed by atoms with Gasteiger partial charge in [0.2, 0.25) is 0 Å². The summed E-state index contributed by atoms with van der Waals surface area (Å²) in [6.07, 6.45) is 2.83. The molecule has 28 heavy (non-hydrogen) atoms. The Balaban J connectivity index is 1.76. The van der Waals surface area contributed by atoms with Gasteiger partial charge in [0.05, 0.1) is 24.1 Å². The van der Waals surface area contributed by atoms with Crippen molar-refractivity contribution in [1.29, 1.82) is 0 Å². The number of nitrogens with one attached hydrogen (secondary N) is 1. The molecule has 0 saturated carbocycles. The molecule has 1 amide bonds. The zero-order chi connectivity index (χ0) is 20.4. The van der Waals surface area contributed by atoms with E-state index < -0.39 is 17.2 Å². The van der Waals surface area contributed by atoms with Crippen molar-refractivity contribution in [3.8, 4) is 5.75 Å². The summed E-state index contributed by atoms with van der Waals surface area (Å²) in [7, 11) is 4.46. The van der Waals surface area contributed by atoms with Crippen LogP contribution in [0.3, 0.4) is 0 Å². The number of hydrogen-bond acceptors (Lipinski definition) is 6. The van der Waals surface area contributed by atoms with E-state index in [1.54, 1.807) is 25.3 Å². The van der Waals surface area contributed by atoms with Gasteiger partial charge in [-0.25, -0.2) is 15.2 Å². The van der Waals surface area contributed by atoms with E-state index in [1.807, 2.05) is 0 Å². The Bertz CT molecular complexity index is 1210. The first-order chi connectivity index (χ1) is 13.3. The van der Waals surface area contributed by atoms with Crippen molar-refractivity contribution >= 4 is 39.2 Å². The number of halogens is 1. The zero-order valence-electron chi connectivity index (χ0n) is 15.3. The number of hydrazone groups is 1. The predicted molar refractivity (Wildman–Crippen MR) is 107 cm³/mol. The lowest BCUT2D eigenvalue weighted by Crippen LogP contribution is -2.38. The number of rotatable bonds is 5. The Morgan fingerprint density at radius 2 is 2.07 bits per heavy atom. The van der Waals surface area contributed by atoms with Crippen molar-refractivity contribution in [2.24, 2.45) is 19.2 Å². The number of nitrogens with zero attached hydrogens (tertiary/aromatic N) is 5. The van der Waals surface area contributed by atoms with Crippen LogP contribution in [0, 0.1) is 0 Å². The van der Waals surface area contributed by atoms with Gasteiger partial charge < -0.3 is 9.30 Å². The molecular weight excluding hydrogens is 432 g/mol. The molecule has 3 rings (SSSR count). The molecule has 0 spiro atoms. The zero-order valence-corrected chi connectivity index (χ0v) is 16.9. The third-order valence-electron chi connectivity index (χ3n) is 4.11. The number of carbonyl (C=O) groups excluding carboxylic acids is 1. The predicted octanol–water partition coefficient (Wildman–Crippen LogP) is 0.355. The Morgan fingerprint density at radius 3 is 2.75 bits per heavy atom. The summed E-state index contributed by atoms with van der Waals surface area (Å²) >= 11 is 3.37. The van der Waals surface area contributed by atoms with Crippen molar-refractivity contribution in [2.75, 3.05) is 7.11 Å². The smallest absolute Gasteiger partial charge is 0.332 e. The highest BCUT2D eigenvalue weighted by Gasteiger charge is 2.15. The quantitative estimate of drug-likeness (QED) is 0.447. The molecule has 0 unspecified atom stereocenters. The van der Waals surface area contributed by atoms with Crippen LogP contribution in [0.1, 0.15) is 5.56 Å². The lowest BCUT2D eigenvalue weighted by atomic mass is 10.2. The number of fused-ring (bicyclic) bond motifs is 1. The van der Waals surface area contributed by atoms with Gasteiger partial charge in [-0.2, -0.15) is 5.10 Å². The van der Waals surface area contributed by atoms with Crippen molar-refractivity contribution in [1.82, 2.24) is 24.1 Å². The minimum Gasteiger partial charge on any atom is -0.496 e. The topological polar surface area (TPSA) is 113 Å². The first-order valence-electron chi connectivity index (χ1n) is 8.09. The second-order valence-corrected chi connectivity index (χ2v) is 6.79. The van der Waals surface area contributed by atoms with E-state index in [-0.39, 0.29) is 17.7 Å². The van der Waals surface area contributed by atoms with E-state index in [4.69, 9.17) is 4.74 Å². The highest BCUT2D eigenvalue weighted by molar-refractivity contribution is 9.10. The summed E-state index contributed by atoms with van der Waals surface area (Å²) in [6.45, 7) is -0.173. The van der Waals surface area contributed by atoms with Gasteiger partial charge in [-0.05, 0) is 39.7 Å². The molecule has 0 bridgehead atoms. The summed E-state index contributed by atoms with van der Waals surface area (Å²) in [5.74, 6) is 0.239.